The Morgan fingerprint density at radius 3 is 2.07 bits per heavy atom. The molecule has 0 atom stereocenters. The molecular weight excluding hydrogens is 362 g/mol. The van der Waals surface area contributed by atoms with Gasteiger partial charge in [-0.1, -0.05) is 18.2 Å². The van der Waals surface area contributed by atoms with Crippen molar-refractivity contribution < 1.29 is 9.59 Å². The minimum atomic E-state index is -0.0461. The van der Waals surface area contributed by atoms with E-state index in [2.05, 4.69) is 10.2 Å². The number of hydrogen-bond donors (Lipinski definition) is 1. The molecule has 5 nitrogen and oxygen atoms in total. The summed E-state index contributed by atoms with van der Waals surface area (Å²) in [5, 5.41) is 3.29. The summed E-state index contributed by atoms with van der Waals surface area (Å²) in [5.41, 5.74) is 0.721. The Morgan fingerprint density at radius 1 is 0.897 bits per heavy atom. The standard InChI is InChI=1S/C24H33N3O2/c28-22(21-4-2-1-3-5-21)27-10-8-26(9-11-27)7-6-25-23(29)24-15-18-12-19(16-24)14-20(13-18)17-24/h1-5,18-20H,6-17H2,(H,25,29). The summed E-state index contributed by atoms with van der Waals surface area (Å²) in [6.45, 7) is 4.89. The Labute approximate surface area is 173 Å². The monoisotopic (exact) mass is 395 g/mol. The van der Waals surface area contributed by atoms with Crippen LogP contribution in [0.3, 0.4) is 0 Å². The molecule has 1 aromatic carbocycles. The van der Waals surface area contributed by atoms with E-state index in [1.54, 1.807) is 0 Å². The van der Waals surface area contributed by atoms with Crippen LogP contribution in [0.4, 0.5) is 0 Å². The second kappa shape index (κ2) is 7.75. The van der Waals surface area contributed by atoms with E-state index in [-0.39, 0.29) is 11.3 Å². The van der Waals surface area contributed by atoms with E-state index in [4.69, 9.17) is 0 Å². The van der Waals surface area contributed by atoms with E-state index in [0.717, 1.165) is 81.8 Å². The highest BCUT2D eigenvalue weighted by Crippen LogP contribution is 2.60. The maximum Gasteiger partial charge on any atom is 0.253 e. The maximum atomic E-state index is 13.1. The van der Waals surface area contributed by atoms with Gasteiger partial charge in [-0.05, 0) is 68.4 Å². The van der Waals surface area contributed by atoms with Gasteiger partial charge >= 0.3 is 0 Å². The minimum Gasteiger partial charge on any atom is -0.354 e. The van der Waals surface area contributed by atoms with Crippen LogP contribution < -0.4 is 5.32 Å². The van der Waals surface area contributed by atoms with Gasteiger partial charge in [0.15, 0.2) is 0 Å². The van der Waals surface area contributed by atoms with Crippen LogP contribution in [-0.4, -0.2) is 60.9 Å². The van der Waals surface area contributed by atoms with Crippen molar-refractivity contribution in [2.24, 2.45) is 23.2 Å². The molecule has 5 fully saturated rings. The second-order valence-electron chi connectivity index (χ2n) is 9.95. The van der Waals surface area contributed by atoms with E-state index in [1.807, 2.05) is 35.2 Å². The van der Waals surface area contributed by atoms with Crippen molar-refractivity contribution >= 4 is 11.8 Å². The molecule has 4 saturated carbocycles. The molecule has 0 unspecified atom stereocenters. The number of carbonyl (C=O) groups is 2. The number of nitrogens with one attached hydrogen (secondary N) is 1. The molecule has 0 radical (unpaired) electrons. The number of rotatable bonds is 5. The molecule has 4 aliphatic carbocycles. The van der Waals surface area contributed by atoms with Crippen LogP contribution in [0.1, 0.15) is 48.9 Å². The summed E-state index contributed by atoms with van der Waals surface area (Å²) in [5.74, 6) is 2.88. The van der Waals surface area contributed by atoms with E-state index in [0.29, 0.717) is 5.91 Å². The quantitative estimate of drug-likeness (QED) is 0.834. The van der Waals surface area contributed by atoms with Crippen LogP contribution in [-0.2, 0) is 4.79 Å². The predicted octanol–water partition coefficient (Wildman–Crippen LogP) is 2.78. The highest BCUT2D eigenvalue weighted by molar-refractivity contribution is 5.94. The van der Waals surface area contributed by atoms with Crippen LogP contribution in [0.2, 0.25) is 0 Å². The van der Waals surface area contributed by atoms with Gasteiger partial charge in [0.25, 0.3) is 5.91 Å². The number of benzene rings is 1. The maximum absolute atomic E-state index is 13.1. The zero-order chi connectivity index (χ0) is 19.8. The van der Waals surface area contributed by atoms with Gasteiger partial charge in [-0.25, -0.2) is 0 Å². The Kier molecular flexibility index (Phi) is 5.10. The SMILES string of the molecule is O=C(c1ccccc1)N1CCN(CCNC(=O)C23CC4CC(CC(C4)C2)C3)CC1. The number of amides is 2. The smallest absolute Gasteiger partial charge is 0.253 e. The third-order valence-electron chi connectivity index (χ3n) is 7.91. The normalized spacial score (nSPS) is 33.7. The van der Waals surface area contributed by atoms with Crippen LogP contribution in [0.5, 0.6) is 0 Å². The zero-order valence-electron chi connectivity index (χ0n) is 17.3. The summed E-state index contributed by atoms with van der Waals surface area (Å²) in [6.07, 6.45) is 7.51. The highest BCUT2D eigenvalue weighted by Gasteiger charge is 2.54. The Bertz CT molecular complexity index is 719. The molecule has 1 aliphatic heterocycles. The molecule has 5 heteroatoms. The first-order chi connectivity index (χ1) is 14.1. The molecular formula is C24H33N3O2. The van der Waals surface area contributed by atoms with Gasteiger partial charge in [0.1, 0.15) is 0 Å². The largest absolute Gasteiger partial charge is 0.354 e. The fourth-order valence-electron chi connectivity index (χ4n) is 6.84. The molecule has 2 amide bonds. The van der Waals surface area contributed by atoms with Crippen molar-refractivity contribution in [1.29, 1.82) is 0 Å². The van der Waals surface area contributed by atoms with Crippen LogP contribution in [0, 0.1) is 23.2 Å². The fraction of sp³-hybridized carbons (Fsp3) is 0.667. The number of nitrogens with zero attached hydrogens (tertiary/aromatic N) is 2. The van der Waals surface area contributed by atoms with E-state index < -0.39 is 0 Å². The molecule has 156 valence electrons. The second-order valence-corrected chi connectivity index (χ2v) is 9.95. The summed E-state index contributed by atoms with van der Waals surface area (Å²) in [4.78, 5) is 29.9. The topological polar surface area (TPSA) is 52.7 Å². The van der Waals surface area contributed by atoms with Crippen molar-refractivity contribution in [1.82, 2.24) is 15.1 Å². The Hall–Kier alpha value is -1.88. The van der Waals surface area contributed by atoms with Crippen LogP contribution in [0.25, 0.3) is 0 Å². The summed E-state index contributed by atoms with van der Waals surface area (Å²) >= 11 is 0. The molecule has 1 aromatic rings. The first-order valence-electron chi connectivity index (χ1n) is 11.5. The number of carbonyl (C=O) groups excluding carboxylic acids is 2. The highest BCUT2D eigenvalue weighted by atomic mass is 16.2. The Morgan fingerprint density at radius 2 is 1.48 bits per heavy atom. The van der Waals surface area contributed by atoms with E-state index >= 15 is 0 Å². The van der Waals surface area contributed by atoms with Gasteiger partial charge in [-0.3, -0.25) is 14.5 Å². The number of hydrogen-bond acceptors (Lipinski definition) is 3. The fourth-order valence-corrected chi connectivity index (χ4v) is 6.84. The lowest BCUT2D eigenvalue weighted by atomic mass is 9.49. The van der Waals surface area contributed by atoms with Gasteiger partial charge in [0, 0.05) is 50.2 Å². The molecule has 4 bridgehead atoms. The third-order valence-corrected chi connectivity index (χ3v) is 7.91. The predicted molar refractivity (Wildman–Crippen MR) is 112 cm³/mol. The summed E-state index contributed by atoms with van der Waals surface area (Å²) < 4.78 is 0. The molecule has 29 heavy (non-hydrogen) atoms. The van der Waals surface area contributed by atoms with Crippen molar-refractivity contribution in [2.45, 2.75) is 38.5 Å². The summed E-state index contributed by atoms with van der Waals surface area (Å²) in [7, 11) is 0. The lowest BCUT2D eigenvalue weighted by Gasteiger charge is -2.55. The van der Waals surface area contributed by atoms with E-state index in [1.165, 1.54) is 19.3 Å². The van der Waals surface area contributed by atoms with Gasteiger partial charge in [0.2, 0.25) is 5.91 Å². The van der Waals surface area contributed by atoms with Crippen LogP contribution in [0.15, 0.2) is 30.3 Å². The molecule has 1 heterocycles. The first-order valence-corrected chi connectivity index (χ1v) is 11.5. The van der Waals surface area contributed by atoms with Crippen LogP contribution >= 0.6 is 0 Å². The molecule has 6 rings (SSSR count). The third kappa shape index (κ3) is 3.81. The minimum absolute atomic E-state index is 0.0461. The van der Waals surface area contributed by atoms with Crippen molar-refractivity contribution in [3.05, 3.63) is 35.9 Å². The zero-order valence-corrected chi connectivity index (χ0v) is 17.3. The van der Waals surface area contributed by atoms with E-state index in [9.17, 15) is 9.59 Å². The number of piperazine rings is 1. The van der Waals surface area contributed by atoms with Crippen molar-refractivity contribution in [3.8, 4) is 0 Å². The van der Waals surface area contributed by atoms with Gasteiger partial charge in [0.05, 0.1) is 0 Å². The van der Waals surface area contributed by atoms with Crippen molar-refractivity contribution in [2.75, 3.05) is 39.3 Å². The average Bonchev–Trinajstić information content (AvgIpc) is 2.73. The first kappa shape index (κ1) is 19.1. The lowest BCUT2D eigenvalue weighted by Crippen LogP contribution is -2.55. The average molecular weight is 396 g/mol. The Balaban J connectivity index is 1.07. The molecule has 0 spiro atoms. The molecule has 0 aromatic heterocycles. The van der Waals surface area contributed by atoms with Gasteiger partial charge < -0.3 is 10.2 Å². The molecule has 5 aliphatic rings. The molecule has 1 saturated heterocycles. The summed E-state index contributed by atoms with van der Waals surface area (Å²) in [6, 6.07) is 9.53. The van der Waals surface area contributed by atoms with Gasteiger partial charge in [-0.2, -0.15) is 0 Å². The van der Waals surface area contributed by atoms with Crippen molar-refractivity contribution in [3.63, 3.8) is 0 Å². The van der Waals surface area contributed by atoms with Gasteiger partial charge in [-0.15, -0.1) is 0 Å². The molecule has 1 N–H and O–H groups in total. The lowest BCUT2D eigenvalue weighted by molar-refractivity contribution is -0.146.